The zero-order valence-electron chi connectivity index (χ0n) is 40.9. The number of amides is 3. The predicted molar refractivity (Wildman–Crippen MR) is 271 cm³/mol. The van der Waals surface area contributed by atoms with Crippen LogP contribution >= 0.6 is 22.9 Å². The van der Waals surface area contributed by atoms with Gasteiger partial charge in [-0.15, -0.1) is 21.5 Å². The molecule has 0 spiro atoms. The van der Waals surface area contributed by atoms with Crippen LogP contribution < -0.4 is 15.4 Å². The lowest BCUT2D eigenvalue weighted by Crippen LogP contribution is -2.58. The van der Waals surface area contributed by atoms with E-state index in [2.05, 4.69) is 44.2 Å². The van der Waals surface area contributed by atoms with Gasteiger partial charge >= 0.3 is 0 Å². The molecule has 1 saturated carbocycles. The van der Waals surface area contributed by atoms with Gasteiger partial charge in [0.15, 0.2) is 12.2 Å². The van der Waals surface area contributed by atoms with Crippen LogP contribution in [-0.4, -0.2) is 89.8 Å². The van der Waals surface area contributed by atoms with Crippen LogP contribution in [0.15, 0.2) is 94.9 Å². The fraction of sp³-hybridized carbons (Fsp3) is 0.407. The van der Waals surface area contributed by atoms with Gasteiger partial charge in [-0.25, -0.2) is 4.98 Å². The number of carbonyl (C=O) groups excluding carboxylic acids is 4. The number of aryl methyl sites for hydroxylation is 2. The highest BCUT2D eigenvalue weighted by Gasteiger charge is 2.45. The van der Waals surface area contributed by atoms with E-state index in [1.807, 2.05) is 107 Å². The molecule has 17 heteroatoms. The van der Waals surface area contributed by atoms with Crippen molar-refractivity contribution in [1.29, 1.82) is 0 Å². The second-order valence-electron chi connectivity index (χ2n) is 20.2. The number of halogens is 1. The molecule has 0 unspecified atom stereocenters. The summed E-state index contributed by atoms with van der Waals surface area (Å²) in [4.78, 5) is 67.3. The maximum atomic E-state index is 14.2. The van der Waals surface area contributed by atoms with Crippen molar-refractivity contribution in [2.24, 2.45) is 16.3 Å². The van der Waals surface area contributed by atoms with Gasteiger partial charge in [0.25, 0.3) is 0 Å². The number of likely N-dealkylation sites (tertiary alicyclic amines) is 1. The summed E-state index contributed by atoms with van der Waals surface area (Å²) >= 11 is 7.95. The van der Waals surface area contributed by atoms with Crippen molar-refractivity contribution in [2.45, 2.75) is 123 Å². The molecule has 6 aromatic rings. The van der Waals surface area contributed by atoms with Crippen molar-refractivity contribution in [3.05, 3.63) is 135 Å². The molecule has 5 heterocycles. The number of ether oxygens (including phenoxy) is 1. The minimum absolute atomic E-state index is 0.0167. The molecule has 0 bridgehead atoms. The molecular weight excluding hydrogens is 940 g/mol. The molecule has 2 fully saturated rings. The van der Waals surface area contributed by atoms with Crippen molar-refractivity contribution >= 4 is 52.2 Å². The summed E-state index contributed by atoms with van der Waals surface area (Å²) in [6, 6.07) is 19.8. The van der Waals surface area contributed by atoms with Crippen molar-refractivity contribution in [1.82, 2.24) is 35.3 Å². The Bertz CT molecular complexity index is 2950. The molecule has 1 aliphatic carbocycles. The first kappa shape index (κ1) is 49.5. The number of ketones is 1. The Morgan fingerprint density at radius 1 is 0.915 bits per heavy atom. The number of aliphatic imine (C=N–C) groups is 1. The Hall–Kier alpha value is -6.49. The average Bonchev–Trinajstić information content (AvgIpc) is 4.13. The third-order valence-electron chi connectivity index (χ3n) is 13.9. The van der Waals surface area contributed by atoms with Gasteiger partial charge in [0.1, 0.15) is 52.4 Å². The number of aliphatic hydroxyl groups is 1. The van der Waals surface area contributed by atoms with E-state index in [0.717, 1.165) is 62.8 Å². The molecule has 370 valence electrons. The molecule has 3 aromatic carbocycles. The largest absolute Gasteiger partial charge is 0.490 e. The average molecular weight is 1000 g/mol. The number of nitrogens with zero attached hydrogens (tertiary/aromatic N) is 6. The second-order valence-corrected chi connectivity index (χ2v) is 21.9. The minimum atomic E-state index is -0.961. The van der Waals surface area contributed by atoms with Crippen LogP contribution in [0.1, 0.15) is 116 Å². The molecule has 15 nitrogen and oxygen atoms in total. The first-order valence-electron chi connectivity index (χ1n) is 24.1. The predicted octanol–water partition coefficient (Wildman–Crippen LogP) is 8.57. The number of β-amino-alcohol motifs (C(OH)–C–C–N with tert-alkyl or cyclic N) is 1. The summed E-state index contributed by atoms with van der Waals surface area (Å²) in [7, 11) is 0. The van der Waals surface area contributed by atoms with Gasteiger partial charge in [-0.05, 0) is 92.8 Å². The molecule has 1 saturated heterocycles. The molecule has 3 aromatic heterocycles. The number of oxazole rings is 1. The van der Waals surface area contributed by atoms with Gasteiger partial charge in [-0.2, -0.15) is 0 Å². The number of aromatic nitrogens is 4. The Morgan fingerprint density at radius 3 is 2.30 bits per heavy atom. The van der Waals surface area contributed by atoms with Crippen LogP contribution in [0.4, 0.5) is 0 Å². The first-order chi connectivity index (χ1) is 33.9. The summed E-state index contributed by atoms with van der Waals surface area (Å²) in [6.07, 6.45) is 4.17. The van der Waals surface area contributed by atoms with Crippen LogP contribution in [0.3, 0.4) is 0 Å². The molecule has 0 radical (unpaired) electrons. The molecular formula is C54H59ClN8O7S. The van der Waals surface area contributed by atoms with Gasteiger partial charge in [-0.1, -0.05) is 80.9 Å². The lowest BCUT2D eigenvalue weighted by Gasteiger charge is -2.35. The smallest absolute Gasteiger partial charge is 0.246 e. The number of hydrogen-bond donors (Lipinski definition) is 3. The monoisotopic (exact) mass is 998 g/mol. The Morgan fingerprint density at radius 2 is 1.62 bits per heavy atom. The number of carbonyl (C=O) groups is 4. The number of aliphatic hydroxyl groups excluding tert-OH is 1. The molecule has 3 N–H and O–H groups in total. The third-order valence-corrected chi connectivity index (χ3v) is 15.3. The summed E-state index contributed by atoms with van der Waals surface area (Å²) in [6.45, 7) is 13.5. The highest BCUT2D eigenvalue weighted by Crippen LogP contribution is 2.41. The van der Waals surface area contributed by atoms with Gasteiger partial charge < -0.3 is 29.8 Å². The lowest BCUT2D eigenvalue weighted by atomic mass is 9.78. The number of Topliss-reactive ketones (excluding diaryl/α,β-unsaturated/α-hetero) is 1. The van der Waals surface area contributed by atoms with E-state index in [-0.39, 0.29) is 61.5 Å². The molecule has 3 aliphatic rings. The quantitative estimate of drug-likeness (QED) is 0.0897. The van der Waals surface area contributed by atoms with Crippen molar-refractivity contribution in [3.63, 3.8) is 0 Å². The van der Waals surface area contributed by atoms with E-state index in [1.165, 1.54) is 16.2 Å². The molecule has 71 heavy (non-hydrogen) atoms. The van der Waals surface area contributed by atoms with E-state index in [1.54, 1.807) is 17.6 Å². The Kier molecular flexibility index (Phi) is 14.2. The van der Waals surface area contributed by atoms with Crippen molar-refractivity contribution in [3.8, 4) is 22.0 Å². The highest BCUT2D eigenvalue weighted by atomic mass is 35.5. The van der Waals surface area contributed by atoms with Crippen molar-refractivity contribution in [2.75, 3.05) is 6.54 Å². The topological polar surface area (TPSA) is 194 Å². The van der Waals surface area contributed by atoms with E-state index < -0.39 is 35.6 Å². The zero-order chi connectivity index (χ0) is 50.3. The number of benzene rings is 3. The van der Waals surface area contributed by atoms with Gasteiger partial charge in [0, 0.05) is 52.4 Å². The summed E-state index contributed by atoms with van der Waals surface area (Å²) in [5, 5.41) is 27.3. The summed E-state index contributed by atoms with van der Waals surface area (Å²) in [5.74, 6) is 1.19. The van der Waals surface area contributed by atoms with Gasteiger partial charge in [0.2, 0.25) is 17.7 Å². The Balaban J connectivity index is 0.769. The first-order valence-corrected chi connectivity index (χ1v) is 25.3. The molecule has 2 aliphatic heterocycles. The van der Waals surface area contributed by atoms with E-state index in [4.69, 9.17) is 25.7 Å². The maximum Gasteiger partial charge on any atom is 0.246 e. The molecule has 3 amide bonds. The number of nitrogens with one attached hydrogen (secondary N) is 2. The summed E-state index contributed by atoms with van der Waals surface area (Å²) in [5.41, 5.74) is 6.36. The van der Waals surface area contributed by atoms with E-state index in [0.29, 0.717) is 28.7 Å². The van der Waals surface area contributed by atoms with Crippen LogP contribution in [0, 0.1) is 32.1 Å². The third kappa shape index (κ3) is 10.7. The zero-order valence-corrected chi connectivity index (χ0v) is 42.5. The normalized spacial score (nSPS) is 20.4. The van der Waals surface area contributed by atoms with Crippen LogP contribution in [-0.2, 0) is 25.6 Å². The van der Waals surface area contributed by atoms with Gasteiger partial charge in [0.05, 0.1) is 30.4 Å². The van der Waals surface area contributed by atoms with Crippen LogP contribution in [0.2, 0.25) is 5.02 Å². The minimum Gasteiger partial charge on any atom is -0.490 e. The van der Waals surface area contributed by atoms with E-state index in [9.17, 15) is 24.3 Å². The van der Waals surface area contributed by atoms with Crippen LogP contribution in [0.5, 0.6) is 5.75 Å². The second kappa shape index (κ2) is 20.3. The standard InChI is InChI=1S/C54H59ClN8O7S/c1-29-31(3)71-53-47(29)48(37-14-16-38(55)17-15-37)58-43(50-61-60-32(4)63(50)53)24-39(64)20-34-21-42(22-34)70-41-18-8-33(9-19-41)23-46(66)59-49(54(5,6)7)52(68)62-26-40(65)25-45(62)51(67)57-30(2)35-10-12-36(13-11-35)44-27-69-28-56-44/h8-19,27-28,30,34,40,42-43,45,49,65H,20-26H2,1-7H3,(H,57,67)(H,59,66)/t30-,34?,40+,42?,43-,45-,49+/m0/s1. The number of rotatable bonds is 15. The van der Waals surface area contributed by atoms with E-state index >= 15 is 0 Å². The van der Waals surface area contributed by atoms with Crippen molar-refractivity contribution < 1.29 is 33.4 Å². The maximum absolute atomic E-state index is 14.2. The lowest BCUT2D eigenvalue weighted by molar-refractivity contribution is -0.144. The number of hydrogen-bond acceptors (Lipinski definition) is 12. The number of thiophene rings is 1. The SMILES string of the molecule is Cc1sc2c(c1C)C(c1ccc(Cl)cc1)=N[C@@H](CC(=O)CC1CC(Oc3ccc(CC(=O)N[C@H](C(=O)N4C[C@H](O)C[C@H]4C(=O)N[C@@H](C)c4ccc(-c5cocn5)cc4)C(C)(C)C)cc3)C1)c1nnc(C)n1-2. The van der Waals surface area contributed by atoms with Gasteiger partial charge in [-0.3, -0.25) is 28.7 Å². The fourth-order valence-corrected chi connectivity index (χ4v) is 11.1. The number of fused-ring (bicyclic) bond motifs is 3. The highest BCUT2D eigenvalue weighted by molar-refractivity contribution is 7.15. The van der Waals surface area contributed by atoms with Crippen LogP contribution in [0.25, 0.3) is 16.3 Å². The Labute approximate surface area is 422 Å². The summed E-state index contributed by atoms with van der Waals surface area (Å²) < 4.78 is 13.4. The fourth-order valence-electron chi connectivity index (χ4n) is 9.78. The molecule has 9 rings (SSSR count). The molecule has 5 atom stereocenters.